The van der Waals surface area contributed by atoms with Gasteiger partial charge in [-0.3, -0.25) is 4.79 Å². The molecule has 0 saturated heterocycles. The first-order valence-corrected chi connectivity index (χ1v) is 4.86. The highest BCUT2D eigenvalue weighted by molar-refractivity contribution is 5.73. The van der Waals surface area contributed by atoms with E-state index in [0.717, 1.165) is 0 Å². The second kappa shape index (κ2) is 5.12. The molecule has 1 N–H and O–H groups in total. The van der Waals surface area contributed by atoms with Gasteiger partial charge in [0.05, 0.1) is 12.1 Å². The second-order valence-corrected chi connectivity index (χ2v) is 3.28. The Kier molecular flexibility index (Phi) is 4.10. The lowest BCUT2D eigenvalue weighted by Gasteiger charge is -2.29. The smallest absolute Gasteiger partial charge is 0.217 e. The summed E-state index contributed by atoms with van der Waals surface area (Å²) in [6, 6.07) is -0.0517. The van der Waals surface area contributed by atoms with E-state index in [0.29, 0.717) is 6.61 Å². The maximum Gasteiger partial charge on any atom is 0.217 e. The van der Waals surface area contributed by atoms with Gasteiger partial charge in [-0.15, -0.1) is 0 Å². The Balaban J connectivity index is 2.49. The average molecular weight is 199 g/mol. The Morgan fingerprint density at radius 2 is 2.29 bits per heavy atom. The van der Waals surface area contributed by atoms with Gasteiger partial charge < -0.3 is 14.8 Å². The predicted molar refractivity (Wildman–Crippen MR) is 52.7 cm³/mol. The lowest BCUT2D eigenvalue weighted by Crippen LogP contribution is -2.45. The van der Waals surface area contributed by atoms with Crippen molar-refractivity contribution in [1.29, 1.82) is 0 Å². The molecule has 0 saturated carbocycles. The van der Waals surface area contributed by atoms with Crippen LogP contribution in [-0.2, 0) is 14.3 Å². The molecule has 1 aliphatic heterocycles. The molecule has 4 heteroatoms. The van der Waals surface area contributed by atoms with Gasteiger partial charge in [-0.05, 0) is 19.9 Å². The molecule has 1 rings (SSSR count). The van der Waals surface area contributed by atoms with Gasteiger partial charge in [-0.1, -0.05) is 6.08 Å². The van der Waals surface area contributed by atoms with Crippen molar-refractivity contribution in [2.75, 3.05) is 6.61 Å². The molecule has 0 spiro atoms. The number of ether oxygens (including phenoxy) is 2. The van der Waals surface area contributed by atoms with Crippen molar-refractivity contribution in [2.45, 2.75) is 39.2 Å². The molecule has 80 valence electrons. The minimum absolute atomic E-state index is 0.0510. The number of carbonyl (C=O) groups excluding carboxylic acids is 1. The monoisotopic (exact) mass is 199 g/mol. The molecule has 0 aliphatic carbocycles. The van der Waals surface area contributed by atoms with Crippen LogP contribution in [0.15, 0.2) is 12.2 Å². The van der Waals surface area contributed by atoms with E-state index in [-0.39, 0.29) is 24.3 Å². The number of hydrogen-bond acceptors (Lipinski definition) is 3. The fourth-order valence-corrected chi connectivity index (χ4v) is 1.37. The van der Waals surface area contributed by atoms with Crippen LogP contribution in [0.4, 0.5) is 0 Å². The number of hydrogen-bond donors (Lipinski definition) is 1. The summed E-state index contributed by atoms with van der Waals surface area (Å²) in [6.45, 7) is 5.94. The Labute approximate surface area is 84.3 Å². The van der Waals surface area contributed by atoms with Crippen molar-refractivity contribution in [3.63, 3.8) is 0 Å². The third kappa shape index (κ3) is 3.12. The van der Waals surface area contributed by atoms with Crippen LogP contribution < -0.4 is 5.32 Å². The fraction of sp³-hybridized carbons (Fsp3) is 0.700. The Bertz CT molecular complexity index is 227. The van der Waals surface area contributed by atoms with Crippen LogP contribution in [0.5, 0.6) is 0 Å². The molecule has 0 aromatic rings. The van der Waals surface area contributed by atoms with Crippen molar-refractivity contribution in [3.8, 4) is 0 Å². The Morgan fingerprint density at radius 1 is 1.57 bits per heavy atom. The molecule has 1 aliphatic rings. The zero-order valence-corrected chi connectivity index (χ0v) is 8.82. The van der Waals surface area contributed by atoms with Gasteiger partial charge >= 0.3 is 0 Å². The second-order valence-electron chi connectivity index (χ2n) is 3.28. The summed E-state index contributed by atoms with van der Waals surface area (Å²) in [4.78, 5) is 10.8. The van der Waals surface area contributed by atoms with Crippen LogP contribution in [0.1, 0.15) is 20.8 Å². The molecule has 0 aromatic heterocycles. The van der Waals surface area contributed by atoms with Crippen LogP contribution >= 0.6 is 0 Å². The maximum absolute atomic E-state index is 10.8. The van der Waals surface area contributed by atoms with E-state index in [1.54, 1.807) is 0 Å². The standard InChI is InChI=1S/C10H17NO3/c1-4-13-10-6-5-9(7(2)14-10)11-8(3)12/h5-7,9-10H,4H2,1-3H3,(H,11,12). The first-order chi connectivity index (χ1) is 6.63. The first kappa shape index (κ1) is 11.2. The number of nitrogens with one attached hydrogen (secondary N) is 1. The van der Waals surface area contributed by atoms with Gasteiger partial charge in [-0.25, -0.2) is 0 Å². The fourth-order valence-electron chi connectivity index (χ4n) is 1.37. The predicted octanol–water partition coefficient (Wildman–Crippen LogP) is 0.829. The molecule has 0 aromatic carbocycles. The summed E-state index contributed by atoms with van der Waals surface area (Å²) in [5.74, 6) is -0.0510. The molecule has 0 bridgehead atoms. The maximum atomic E-state index is 10.8. The SMILES string of the molecule is CCOC1C=CC(NC(C)=O)C(C)O1. The Hall–Kier alpha value is -0.870. The van der Waals surface area contributed by atoms with Crippen molar-refractivity contribution in [1.82, 2.24) is 5.32 Å². The lowest BCUT2D eigenvalue weighted by atomic mass is 10.1. The lowest BCUT2D eigenvalue weighted by molar-refractivity contribution is -0.148. The topological polar surface area (TPSA) is 47.6 Å². The highest BCUT2D eigenvalue weighted by Crippen LogP contribution is 2.13. The summed E-state index contributed by atoms with van der Waals surface area (Å²) >= 11 is 0. The van der Waals surface area contributed by atoms with E-state index in [9.17, 15) is 4.79 Å². The van der Waals surface area contributed by atoms with E-state index in [1.165, 1.54) is 6.92 Å². The molecule has 14 heavy (non-hydrogen) atoms. The van der Waals surface area contributed by atoms with Gasteiger partial charge in [0.1, 0.15) is 0 Å². The van der Waals surface area contributed by atoms with Crippen molar-refractivity contribution >= 4 is 5.91 Å². The van der Waals surface area contributed by atoms with E-state index in [2.05, 4.69) is 5.32 Å². The van der Waals surface area contributed by atoms with Crippen molar-refractivity contribution in [3.05, 3.63) is 12.2 Å². The van der Waals surface area contributed by atoms with Crippen LogP contribution in [0.3, 0.4) is 0 Å². The first-order valence-electron chi connectivity index (χ1n) is 4.86. The van der Waals surface area contributed by atoms with Gasteiger partial charge in [-0.2, -0.15) is 0 Å². The molecule has 1 heterocycles. The third-order valence-electron chi connectivity index (χ3n) is 2.03. The van der Waals surface area contributed by atoms with Crippen LogP contribution in [-0.4, -0.2) is 30.9 Å². The molecular formula is C10H17NO3. The normalized spacial score (nSPS) is 31.5. The van der Waals surface area contributed by atoms with Crippen LogP contribution in [0, 0.1) is 0 Å². The number of rotatable bonds is 3. The molecular weight excluding hydrogens is 182 g/mol. The van der Waals surface area contributed by atoms with Gasteiger partial charge in [0.2, 0.25) is 5.91 Å². The van der Waals surface area contributed by atoms with E-state index in [1.807, 2.05) is 26.0 Å². The minimum atomic E-state index is -0.278. The van der Waals surface area contributed by atoms with Gasteiger partial charge in [0.15, 0.2) is 6.29 Å². The summed E-state index contributed by atoms with van der Waals surface area (Å²) in [7, 11) is 0. The largest absolute Gasteiger partial charge is 0.349 e. The summed E-state index contributed by atoms with van der Waals surface area (Å²) in [5, 5.41) is 2.79. The summed E-state index contributed by atoms with van der Waals surface area (Å²) in [6.07, 6.45) is 3.40. The van der Waals surface area contributed by atoms with Crippen molar-refractivity contribution < 1.29 is 14.3 Å². The van der Waals surface area contributed by atoms with Gasteiger partial charge in [0, 0.05) is 13.5 Å². The molecule has 0 fully saturated rings. The van der Waals surface area contributed by atoms with Gasteiger partial charge in [0.25, 0.3) is 0 Å². The van der Waals surface area contributed by atoms with Crippen molar-refractivity contribution in [2.24, 2.45) is 0 Å². The average Bonchev–Trinajstić information content (AvgIpc) is 2.10. The summed E-state index contributed by atoms with van der Waals surface area (Å²) in [5.41, 5.74) is 0. The van der Waals surface area contributed by atoms with Crippen LogP contribution in [0.25, 0.3) is 0 Å². The summed E-state index contributed by atoms with van der Waals surface area (Å²) < 4.78 is 10.8. The number of amides is 1. The minimum Gasteiger partial charge on any atom is -0.349 e. The molecule has 0 radical (unpaired) electrons. The number of carbonyl (C=O) groups is 1. The van der Waals surface area contributed by atoms with E-state index < -0.39 is 0 Å². The van der Waals surface area contributed by atoms with Crippen LogP contribution in [0.2, 0.25) is 0 Å². The van der Waals surface area contributed by atoms with E-state index >= 15 is 0 Å². The molecule has 1 amide bonds. The van der Waals surface area contributed by atoms with E-state index in [4.69, 9.17) is 9.47 Å². The zero-order valence-electron chi connectivity index (χ0n) is 8.82. The molecule has 3 unspecified atom stereocenters. The molecule has 4 nitrogen and oxygen atoms in total. The third-order valence-corrected chi connectivity index (χ3v) is 2.03. The zero-order chi connectivity index (χ0) is 10.6. The molecule has 3 atom stereocenters. The quantitative estimate of drug-likeness (QED) is 0.685. The highest BCUT2D eigenvalue weighted by Gasteiger charge is 2.23. The Morgan fingerprint density at radius 3 is 2.79 bits per heavy atom. The highest BCUT2D eigenvalue weighted by atomic mass is 16.7.